The number of rotatable bonds is 2. The minimum Gasteiger partial charge on any atom is -0.480 e. The summed E-state index contributed by atoms with van der Waals surface area (Å²) in [6.45, 7) is 1.61. The fraction of sp³-hybridized carbons (Fsp3) is 0.778. The molecule has 0 bridgehead atoms. The number of nitrogens with zero attached hydrogens (tertiary/aromatic N) is 1. The Morgan fingerprint density at radius 3 is 2.73 bits per heavy atom. The number of carboxylic acid groups (broad SMARTS) is 1. The molecule has 0 saturated carbocycles. The molecular formula is C9H14N2O4. The molecule has 2 N–H and O–H groups in total. The molecule has 0 spiro atoms. The lowest BCUT2D eigenvalue weighted by Crippen LogP contribution is -2.50. The van der Waals surface area contributed by atoms with E-state index >= 15 is 0 Å². The van der Waals surface area contributed by atoms with Crippen LogP contribution in [0.5, 0.6) is 0 Å². The van der Waals surface area contributed by atoms with Gasteiger partial charge in [0.25, 0.3) is 0 Å². The lowest BCUT2D eigenvalue weighted by atomic mass is 10.0. The molecule has 0 unspecified atom stereocenters. The van der Waals surface area contributed by atoms with Crippen LogP contribution in [0.1, 0.15) is 12.8 Å². The average molecular weight is 214 g/mol. The van der Waals surface area contributed by atoms with Crippen molar-refractivity contribution in [3.8, 4) is 0 Å². The molecule has 0 aromatic carbocycles. The molecule has 0 aromatic rings. The van der Waals surface area contributed by atoms with E-state index in [4.69, 9.17) is 9.84 Å². The maximum absolute atomic E-state index is 11.4. The lowest BCUT2D eigenvalue weighted by Gasteiger charge is -2.31. The van der Waals surface area contributed by atoms with Gasteiger partial charge in [-0.15, -0.1) is 0 Å². The fourth-order valence-electron chi connectivity index (χ4n) is 2.11. The molecule has 6 heteroatoms. The number of carbonyl (C=O) groups excluding carboxylic acids is 1. The van der Waals surface area contributed by atoms with Gasteiger partial charge in [0.1, 0.15) is 6.61 Å². The van der Waals surface area contributed by atoms with Crippen molar-refractivity contribution in [3.63, 3.8) is 0 Å². The van der Waals surface area contributed by atoms with E-state index in [1.807, 2.05) is 0 Å². The van der Waals surface area contributed by atoms with Crippen LogP contribution in [0, 0.1) is 0 Å². The third kappa shape index (κ3) is 1.90. The number of amides is 1. The molecule has 2 rings (SSSR count). The Balaban J connectivity index is 2.09. The SMILES string of the molecule is O=C(O)[C@H]1COC(=O)N1C1CCNCC1. The van der Waals surface area contributed by atoms with Gasteiger partial charge in [0.05, 0.1) is 0 Å². The number of hydrogen-bond donors (Lipinski definition) is 2. The van der Waals surface area contributed by atoms with Gasteiger partial charge in [-0.25, -0.2) is 9.59 Å². The van der Waals surface area contributed by atoms with E-state index in [1.165, 1.54) is 4.90 Å². The topological polar surface area (TPSA) is 78.9 Å². The van der Waals surface area contributed by atoms with Crippen molar-refractivity contribution in [1.82, 2.24) is 10.2 Å². The Labute approximate surface area is 87.2 Å². The Hall–Kier alpha value is -1.30. The molecule has 15 heavy (non-hydrogen) atoms. The number of hydrogen-bond acceptors (Lipinski definition) is 4. The van der Waals surface area contributed by atoms with Crippen LogP contribution >= 0.6 is 0 Å². The molecule has 84 valence electrons. The Kier molecular flexibility index (Phi) is 2.77. The smallest absolute Gasteiger partial charge is 0.410 e. The van der Waals surface area contributed by atoms with E-state index in [0.717, 1.165) is 25.9 Å². The lowest BCUT2D eigenvalue weighted by molar-refractivity contribution is -0.142. The Morgan fingerprint density at radius 2 is 2.13 bits per heavy atom. The van der Waals surface area contributed by atoms with E-state index in [1.54, 1.807) is 0 Å². The van der Waals surface area contributed by atoms with Gasteiger partial charge in [-0.2, -0.15) is 0 Å². The maximum atomic E-state index is 11.4. The average Bonchev–Trinajstić information content (AvgIpc) is 2.61. The first-order valence-electron chi connectivity index (χ1n) is 5.09. The van der Waals surface area contributed by atoms with Crippen LogP contribution in [0.4, 0.5) is 4.79 Å². The molecule has 2 aliphatic rings. The first-order chi connectivity index (χ1) is 7.20. The summed E-state index contributed by atoms with van der Waals surface area (Å²) in [6.07, 6.45) is 1.09. The predicted octanol–water partition coefficient (Wildman–Crippen LogP) is -0.356. The molecule has 0 aliphatic carbocycles. The second-order valence-corrected chi connectivity index (χ2v) is 3.82. The summed E-state index contributed by atoms with van der Waals surface area (Å²) in [7, 11) is 0. The zero-order valence-corrected chi connectivity index (χ0v) is 8.31. The molecule has 6 nitrogen and oxygen atoms in total. The quantitative estimate of drug-likeness (QED) is 0.656. The summed E-state index contributed by atoms with van der Waals surface area (Å²) in [4.78, 5) is 23.7. The first-order valence-corrected chi connectivity index (χ1v) is 5.09. The molecule has 1 amide bonds. The number of piperidine rings is 1. The number of cyclic esters (lactones) is 1. The van der Waals surface area contributed by atoms with Crippen molar-refractivity contribution in [2.75, 3.05) is 19.7 Å². The van der Waals surface area contributed by atoms with Gasteiger partial charge in [-0.3, -0.25) is 4.90 Å². The van der Waals surface area contributed by atoms with Crippen LogP contribution in [0.2, 0.25) is 0 Å². The maximum Gasteiger partial charge on any atom is 0.410 e. The largest absolute Gasteiger partial charge is 0.480 e. The highest BCUT2D eigenvalue weighted by atomic mass is 16.6. The van der Waals surface area contributed by atoms with Crippen molar-refractivity contribution < 1.29 is 19.4 Å². The molecule has 0 aromatic heterocycles. The van der Waals surface area contributed by atoms with E-state index in [2.05, 4.69) is 5.32 Å². The van der Waals surface area contributed by atoms with Gasteiger partial charge in [-0.1, -0.05) is 0 Å². The van der Waals surface area contributed by atoms with Crippen LogP contribution in [0.15, 0.2) is 0 Å². The van der Waals surface area contributed by atoms with Gasteiger partial charge in [0.2, 0.25) is 0 Å². The highest BCUT2D eigenvalue weighted by Crippen LogP contribution is 2.21. The predicted molar refractivity (Wildman–Crippen MR) is 50.5 cm³/mol. The van der Waals surface area contributed by atoms with Crippen molar-refractivity contribution in [2.45, 2.75) is 24.9 Å². The summed E-state index contributed by atoms with van der Waals surface area (Å²) in [5.41, 5.74) is 0. The highest BCUT2D eigenvalue weighted by Gasteiger charge is 2.42. The van der Waals surface area contributed by atoms with Gasteiger partial charge in [0, 0.05) is 6.04 Å². The molecule has 2 fully saturated rings. The molecule has 0 radical (unpaired) electrons. The Morgan fingerprint density at radius 1 is 1.47 bits per heavy atom. The summed E-state index contributed by atoms with van der Waals surface area (Å²) in [5.74, 6) is -0.987. The van der Waals surface area contributed by atoms with Gasteiger partial charge in [0.15, 0.2) is 6.04 Å². The third-order valence-corrected chi connectivity index (χ3v) is 2.90. The minimum absolute atomic E-state index is 0.00218. The summed E-state index contributed by atoms with van der Waals surface area (Å²) in [6, 6.07) is -0.803. The molecule has 2 heterocycles. The van der Waals surface area contributed by atoms with E-state index in [-0.39, 0.29) is 12.6 Å². The van der Waals surface area contributed by atoms with Crippen molar-refractivity contribution in [2.24, 2.45) is 0 Å². The normalized spacial score (nSPS) is 27.9. The number of carboxylic acids is 1. The summed E-state index contributed by atoms with van der Waals surface area (Å²) < 4.78 is 4.78. The van der Waals surface area contributed by atoms with Crippen molar-refractivity contribution in [3.05, 3.63) is 0 Å². The van der Waals surface area contributed by atoms with Crippen molar-refractivity contribution in [1.29, 1.82) is 0 Å². The van der Waals surface area contributed by atoms with E-state index < -0.39 is 18.1 Å². The monoisotopic (exact) mass is 214 g/mol. The molecule has 2 aliphatic heterocycles. The van der Waals surface area contributed by atoms with Gasteiger partial charge in [-0.05, 0) is 25.9 Å². The van der Waals surface area contributed by atoms with Gasteiger partial charge < -0.3 is 15.2 Å². The zero-order chi connectivity index (χ0) is 10.8. The summed E-state index contributed by atoms with van der Waals surface area (Å²) in [5, 5.41) is 12.1. The number of nitrogens with one attached hydrogen (secondary N) is 1. The van der Waals surface area contributed by atoms with E-state index in [9.17, 15) is 9.59 Å². The molecular weight excluding hydrogens is 200 g/mol. The van der Waals surface area contributed by atoms with Crippen LogP contribution in [0.3, 0.4) is 0 Å². The highest BCUT2D eigenvalue weighted by molar-refractivity contribution is 5.83. The Bertz CT molecular complexity index is 275. The third-order valence-electron chi connectivity index (χ3n) is 2.90. The van der Waals surface area contributed by atoms with Crippen molar-refractivity contribution >= 4 is 12.1 Å². The summed E-state index contributed by atoms with van der Waals surface area (Å²) >= 11 is 0. The fourth-order valence-corrected chi connectivity index (χ4v) is 2.11. The number of aliphatic carboxylic acids is 1. The second kappa shape index (κ2) is 4.06. The number of ether oxygens (including phenoxy) is 1. The number of carbonyl (C=O) groups is 2. The standard InChI is InChI=1S/C9H14N2O4/c12-8(13)7-5-15-9(14)11(7)6-1-3-10-4-2-6/h6-7,10H,1-5H2,(H,12,13)/t7-/m1/s1. The minimum atomic E-state index is -0.987. The second-order valence-electron chi connectivity index (χ2n) is 3.82. The van der Waals surface area contributed by atoms with Crippen LogP contribution in [0.25, 0.3) is 0 Å². The van der Waals surface area contributed by atoms with Gasteiger partial charge >= 0.3 is 12.1 Å². The van der Waals surface area contributed by atoms with Crippen LogP contribution in [-0.4, -0.2) is 53.8 Å². The molecule has 2 saturated heterocycles. The van der Waals surface area contributed by atoms with Crippen LogP contribution in [-0.2, 0) is 9.53 Å². The molecule has 1 atom stereocenters. The van der Waals surface area contributed by atoms with E-state index in [0.29, 0.717) is 0 Å². The zero-order valence-electron chi connectivity index (χ0n) is 8.31. The van der Waals surface area contributed by atoms with Crippen LogP contribution < -0.4 is 5.32 Å². The first kappa shape index (κ1) is 10.2.